The summed E-state index contributed by atoms with van der Waals surface area (Å²) in [7, 11) is 3.97. The van der Waals surface area contributed by atoms with E-state index in [1.807, 2.05) is 72.8 Å². The molecule has 0 aliphatic carbocycles. The van der Waals surface area contributed by atoms with E-state index in [9.17, 15) is 9.59 Å². The second-order valence-corrected chi connectivity index (χ2v) is 7.82. The standard InChI is InChI=1S/C26H25BN2O5/c1-32-26(31)23(16-17-12-14-18(15-13-17)27(33-2)34-3)29-25(30)24-19-8-4-6-10-21(19)28-22-11-7-5-9-20(22)24/h4-15,23H,16H2,1-3H3,(H,29,30)/t23-/m1/s1. The fraction of sp³-hybridized carbons (Fsp3) is 0.192. The van der Waals surface area contributed by atoms with Crippen LogP contribution in [0, 0.1) is 0 Å². The van der Waals surface area contributed by atoms with Gasteiger partial charge in [0, 0.05) is 31.4 Å². The number of benzene rings is 3. The molecule has 3 aromatic carbocycles. The van der Waals surface area contributed by atoms with Crippen molar-refractivity contribution < 1.29 is 23.6 Å². The number of methoxy groups -OCH3 is 1. The number of para-hydroxylation sites is 2. The van der Waals surface area contributed by atoms with E-state index in [0.29, 0.717) is 16.6 Å². The maximum absolute atomic E-state index is 13.5. The average molecular weight is 456 g/mol. The zero-order valence-corrected chi connectivity index (χ0v) is 19.3. The molecule has 0 aliphatic rings. The van der Waals surface area contributed by atoms with Gasteiger partial charge in [0.05, 0.1) is 23.7 Å². The van der Waals surface area contributed by atoms with Crippen LogP contribution in [-0.4, -0.2) is 51.4 Å². The first-order valence-corrected chi connectivity index (χ1v) is 10.9. The molecule has 8 heteroatoms. The molecule has 34 heavy (non-hydrogen) atoms. The molecule has 0 unspecified atom stereocenters. The number of nitrogens with zero attached hydrogens (tertiary/aromatic N) is 1. The topological polar surface area (TPSA) is 86.8 Å². The van der Waals surface area contributed by atoms with Gasteiger partial charge in [0.2, 0.25) is 0 Å². The Labute approximate surface area is 198 Å². The van der Waals surface area contributed by atoms with Crippen molar-refractivity contribution in [2.24, 2.45) is 0 Å². The molecule has 1 heterocycles. The second kappa shape index (κ2) is 10.5. The van der Waals surface area contributed by atoms with E-state index in [0.717, 1.165) is 21.8 Å². The fourth-order valence-corrected chi connectivity index (χ4v) is 4.07. The van der Waals surface area contributed by atoms with Gasteiger partial charge in [-0.25, -0.2) is 9.78 Å². The third-order valence-electron chi connectivity index (χ3n) is 5.73. The number of aromatic nitrogens is 1. The van der Waals surface area contributed by atoms with E-state index in [1.165, 1.54) is 7.11 Å². The maximum Gasteiger partial charge on any atom is 0.493 e. The summed E-state index contributed by atoms with van der Waals surface area (Å²) in [5.74, 6) is -0.882. The third-order valence-corrected chi connectivity index (χ3v) is 5.73. The van der Waals surface area contributed by atoms with Crippen LogP contribution in [0.5, 0.6) is 0 Å². The Kier molecular flexibility index (Phi) is 7.20. The van der Waals surface area contributed by atoms with Gasteiger partial charge in [0.25, 0.3) is 5.91 Å². The van der Waals surface area contributed by atoms with Crippen LogP contribution in [0.2, 0.25) is 0 Å². The van der Waals surface area contributed by atoms with Crippen LogP contribution in [0.15, 0.2) is 72.8 Å². The number of amides is 1. The lowest BCUT2D eigenvalue weighted by molar-refractivity contribution is -0.142. The van der Waals surface area contributed by atoms with E-state index in [-0.39, 0.29) is 12.3 Å². The number of hydrogen-bond acceptors (Lipinski definition) is 6. The van der Waals surface area contributed by atoms with Gasteiger partial charge < -0.3 is 19.4 Å². The molecule has 1 amide bonds. The van der Waals surface area contributed by atoms with Crippen LogP contribution >= 0.6 is 0 Å². The molecule has 1 aromatic heterocycles. The number of carbonyl (C=O) groups excluding carboxylic acids is 2. The number of pyridine rings is 1. The zero-order chi connectivity index (χ0) is 24.1. The summed E-state index contributed by atoms with van der Waals surface area (Å²) in [6.45, 7) is 0. The molecule has 4 aromatic rings. The van der Waals surface area contributed by atoms with E-state index in [1.54, 1.807) is 14.2 Å². The number of hydrogen-bond donors (Lipinski definition) is 1. The Morgan fingerprint density at radius 1 is 0.853 bits per heavy atom. The summed E-state index contributed by atoms with van der Waals surface area (Å²) in [4.78, 5) is 30.8. The van der Waals surface area contributed by atoms with Crippen LogP contribution in [0.3, 0.4) is 0 Å². The molecule has 172 valence electrons. The Morgan fingerprint density at radius 3 is 1.94 bits per heavy atom. The maximum atomic E-state index is 13.5. The number of nitrogens with one attached hydrogen (secondary N) is 1. The van der Waals surface area contributed by atoms with Crippen molar-refractivity contribution in [2.45, 2.75) is 12.5 Å². The molecule has 0 fully saturated rings. The van der Waals surface area contributed by atoms with Crippen molar-refractivity contribution in [3.63, 3.8) is 0 Å². The van der Waals surface area contributed by atoms with E-state index >= 15 is 0 Å². The first-order valence-electron chi connectivity index (χ1n) is 10.9. The summed E-state index contributed by atoms with van der Waals surface area (Å²) in [6, 6.07) is 21.6. The lowest BCUT2D eigenvalue weighted by atomic mass is 9.78. The quantitative estimate of drug-likeness (QED) is 0.249. The van der Waals surface area contributed by atoms with Gasteiger partial charge in [0.15, 0.2) is 0 Å². The number of rotatable bonds is 8. The number of carbonyl (C=O) groups is 2. The zero-order valence-electron chi connectivity index (χ0n) is 19.3. The summed E-state index contributed by atoms with van der Waals surface area (Å²) in [5.41, 5.74) is 3.61. The fourth-order valence-electron chi connectivity index (χ4n) is 4.07. The first-order chi connectivity index (χ1) is 16.5. The Morgan fingerprint density at radius 2 is 1.41 bits per heavy atom. The lowest BCUT2D eigenvalue weighted by Gasteiger charge is -2.18. The van der Waals surface area contributed by atoms with Gasteiger partial charge in [-0.05, 0) is 23.2 Å². The minimum absolute atomic E-state index is 0.268. The molecule has 0 spiro atoms. The lowest BCUT2D eigenvalue weighted by Crippen LogP contribution is -2.43. The van der Waals surface area contributed by atoms with Crippen LogP contribution < -0.4 is 10.8 Å². The predicted molar refractivity (Wildman–Crippen MR) is 132 cm³/mol. The summed E-state index contributed by atoms with van der Waals surface area (Å²) in [6.07, 6.45) is 0.268. The Hall–Kier alpha value is -3.75. The first kappa shape index (κ1) is 23.4. The summed E-state index contributed by atoms with van der Waals surface area (Å²) in [5, 5.41) is 4.32. The summed E-state index contributed by atoms with van der Waals surface area (Å²) < 4.78 is 15.5. The molecule has 1 atom stereocenters. The molecule has 0 saturated heterocycles. The van der Waals surface area contributed by atoms with Gasteiger partial charge in [-0.2, -0.15) is 0 Å². The second-order valence-electron chi connectivity index (χ2n) is 7.82. The van der Waals surface area contributed by atoms with E-state index in [4.69, 9.17) is 14.0 Å². The van der Waals surface area contributed by atoms with Crippen molar-refractivity contribution in [3.05, 3.63) is 83.9 Å². The van der Waals surface area contributed by atoms with Gasteiger partial charge in [-0.3, -0.25) is 4.79 Å². The minimum Gasteiger partial charge on any atom is -0.467 e. The average Bonchev–Trinajstić information content (AvgIpc) is 2.87. The highest BCUT2D eigenvalue weighted by Crippen LogP contribution is 2.26. The van der Waals surface area contributed by atoms with Crippen LogP contribution in [0.25, 0.3) is 21.8 Å². The predicted octanol–water partition coefficient (Wildman–Crippen LogP) is 2.89. The van der Waals surface area contributed by atoms with Crippen LogP contribution in [0.4, 0.5) is 0 Å². The van der Waals surface area contributed by atoms with Gasteiger partial charge in [0.1, 0.15) is 6.04 Å². The number of ether oxygens (including phenoxy) is 1. The molecule has 0 aliphatic heterocycles. The summed E-state index contributed by atoms with van der Waals surface area (Å²) >= 11 is 0. The van der Waals surface area contributed by atoms with Crippen LogP contribution in [0.1, 0.15) is 15.9 Å². The van der Waals surface area contributed by atoms with Crippen molar-refractivity contribution in [1.29, 1.82) is 0 Å². The molecule has 0 radical (unpaired) electrons. The molecule has 0 saturated carbocycles. The van der Waals surface area contributed by atoms with Gasteiger partial charge >= 0.3 is 13.1 Å². The molecule has 7 nitrogen and oxygen atoms in total. The Bertz CT molecular complexity index is 1270. The number of esters is 1. The molecular formula is C26H25BN2O5. The van der Waals surface area contributed by atoms with Crippen molar-refractivity contribution in [1.82, 2.24) is 10.3 Å². The van der Waals surface area contributed by atoms with Crippen molar-refractivity contribution >= 4 is 46.3 Å². The Balaban J connectivity index is 1.65. The van der Waals surface area contributed by atoms with Crippen molar-refractivity contribution in [3.8, 4) is 0 Å². The van der Waals surface area contributed by atoms with Gasteiger partial charge in [-0.1, -0.05) is 60.7 Å². The minimum atomic E-state index is -0.866. The van der Waals surface area contributed by atoms with Gasteiger partial charge in [-0.15, -0.1) is 0 Å². The highest BCUT2D eigenvalue weighted by atomic mass is 16.6. The number of fused-ring (bicyclic) bond motifs is 2. The molecule has 1 N–H and O–H groups in total. The van der Waals surface area contributed by atoms with Crippen LogP contribution in [-0.2, 0) is 25.3 Å². The molecular weight excluding hydrogens is 431 g/mol. The smallest absolute Gasteiger partial charge is 0.467 e. The SMILES string of the molecule is COB(OC)c1ccc(C[C@@H](NC(=O)c2c3ccccc3nc3ccccc23)C(=O)OC)cc1. The molecule has 4 rings (SSSR count). The third kappa shape index (κ3) is 4.78. The van der Waals surface area contributed by atoms with Crippen molar-refractivity contribution in [2.75, 3.05) is 21.3 Å². The normalized spacial score (nSPS) is 11.9. The largest absolute Gasteiger partial charge is 0.493 e. The highest BCUT2D eigenvalue weighted by molar-refractivity contribution is 6.61. The molecule has 0 bridgehead atoms. The monoisotopic (exact) mass is 456 g/mol. The highest BCUT2D eigenvalue weighted by Gasteiger charge is 2.25. The van der Waals surface area contributed by atoms with E-state index < -0.39 is 19.1 Å². The van der Waals surface area contributed by atoms with E-state index in [2.05, 4.69) is 10.3 Å².